The molecule has 1 saturated heterocycles. The summed E-state index contributed by atoms with van der Waals surface area (Å²) in [5.74, 6) is 0.926. The number of nitrogens with zero attached hydrogens (tertiary/aromatic N) is 3. The molecule has 0 aliphatic carbocycles. The number of carbonyl (C=O) groups is 1. The zero-order chi connectivity index (χ0) is 13.8. The summed E-state index contributed by atoms with van der Waals surface area (Å²) in [7, 11) is 0. The van der Waals surface area contributed by atoms with E-state index >= 15 is 0 Å². The molecule has 1 N–H and O–H groups in total. The highest BCUT2D eigenvalue weighted by atomic mass is 16.2. The Hall–Kier alpha value is -1.65. The van der Waals surface area contributed by atoms with E-state index in [1.807, 2.05) is 26.8 Å². The van der Waals surface area contributed by atoms with Crippen LogP contribution < -0.4 is 10.2 Å². The molecule has 0 saturated carbocycles. The van der Waals surface area contributed by atoms with Crippen LogP contribution in [0.3, 0.4) is 0 Å². The van der Waals surface area contributed by atoms with E-state index in [-0.39, 0.29) is 17.9 Å². The SMILES string of the molecule is Cc1ccnc(N2CCC[C@H](C(=O)NC(C)C)C2)n1. The summed E-state index contributed by atoms with van der Waals surface area (Å²) in [5.41, 5.74) is 0.957. The van der Waals surface area contributed by atoms with Gasteiger partial charge in [0, 0.05) is 31.0 Å². The average Bonchev–Trinajstić information content (AvgIpc) is 2.38. The number of aromatic nitrogens is 2. The minimum absolute atomic E-state index is 0.0419. The molecular weight excluding hydrogens is 240 g/mol. The average molecular weight is 262 g/mol. The quantitative estimate of drug-likeness (QED) is 0.897. The fourth-order valence-electron chi connectivity index (χ4n) is 2.36. The van der Waals surface area contributed by atoms with Crippen molar-refractivity contribution in [3.05, 3.63) is 18.0 Å². The van der Waals surface area contributed by atoms with Gasteiger partial charge >= 0.3 is 0 Å². The summed E-state index contributed by atoms with van der Waals surface area (Å²) < 4.78 is 0. The van der Waals surface area contributed by atoms with Crippen LogP contribution in [0.15, 0.2) is 12.3 Å². The molecule has 19 heavy (non-hydrogen) atoms. The van der Waals surface area contributed by atoms with Crippen LogP contribution in [0, 0.1) is 12.8 Å². The Balaban J connectivity index is 2.03. The predicted octanol–water partition coefficient (Wildman–Crippen LogP) is 1.53. The van der Waals surface area contributed by atoms with Gasteiger partial charge in [-0.2, -0.15) is 0 Å². The van der Waals surface area contributed by atoms with Gasteiger partial charge in [0.25, 0.3) is 0 Å². The molecule has 5 heteroatoms. The van der Waals surface area contributed by atoms with Gasteiger partial charge in [0.1, 0.15) is 0 Å². The summed E-state index contributed by atoms with van der Waals surface area (Å²) in [4.78, 5) is 22.9. The van der Waals surface area contributed by atoms with E-state index in [9.17, 15) is 4.79 Å². The van der Waals surface area contributed by atoms with Gasteiger partial charge in [0.05, 0.1) is 5.92 Å². The van der Waals surface area contributed by atoms with Gasteiger partial charge in [-0.1, -0.05) is 0 Å². The van der Waals surface area contributed by atoms with Crippen LogP contribution in [0.5, 0.6) is 0 Å². The minimum Gasteiger partial charge on any atom is -0.354 e. The van der Waals surface area contributed by atoms with Crippen molar-refractivity contribution < 1.29 is 4.79 Å². The zero-order valence-corrected chi connectivity index (χ0v) is 11.9. The molecule has 2 heterocycles. The first-order chi connectivity index (χ1) is 9.06. The standard InChI is InChI=1S/C14H22N4O/c1-10(2)16-13(19)12-5-4-8-18(9-12)14-15-7-6-11(3)17-14/h6-7,10,12H,4-5,8-9H2,1-3H3,(H,16,19)/t12-/m0/s1. The van der Waals surface area contributed by atoms with E-state index in [1.54, 1.807) is 6.20 Å². The highest BCUT2D eigenvalue weighted by Crippen LogP contribution is 2.20. The third-order valence-corrected chi connectivity index (χ3v) is 3.29. The molecule has 0 aromatic carbocycles. The molecule has 1 aromatic rings. The number of rotatable bonds is 3. The number of amides is 1. The molecule has 1 fully saturated rings. The van der Waals surface area contributed by atoms with Crippen molar-refractivity contribution in [3.8, 4) is 0 Å². The molecule has 1 atom stereocenters. The van der Waals surface area contributed by atoms with Crippen LogP contribution in [0.25, 0.3) is 0 Å². The Kier molecular flexibility index (Phi) is 4.35. The Morgan fingerprint density at radius 3 is 3.00 bits per heavy atom. The fraction of sp³-hybridized carbons (Fsp3) is 0.643. The second-order valence-corrected chi connectivity index (χ2v) is 5.45. The molecular formula is C14H22N4O. The van der Waals surface area contributed by atoms with Crippen molar-refractivity contribution in [2.45, 2.75) is 39.7 Å². The van der Waals surface area contributed by atoms with Gasteiger partial charge in [-0.25, -0.2) is 9.97 Å². The number of anilines is 1. The topological polar surface area (TPSA) is 58.1 Å². The molecule has 0 radical (unpaired) electrons. The van der Waals surface area contributed by atoms with Crippen molar-refractivity contribution in [1.29, 1.82) is 0 Å². The second-order valence-electron chi connectivity index (χ2n) is 5.45. The molecule has 0 bridgehead atoms. The normalized spacial score (nSPS) is 19.6. The van der Waals surface area contributed by atoms with Gasteiger partial charge in [-0.15, -0.1) is 0 Å². The van der Waals surface area contributed by atoms with Crippen molar-refractivity contribution >= 4 is 11.9 Å². The number of nitrogens with one attached hydrogen (secondary N) is 1. The Morgan fingerprint density at radius 2 is 2.32 bits per heavy atom. The van der Waals surface area contributed by atoms with E-state index in [4.69, 9.17) is 0 Å². The Morgan fingerprint density at radius 1 is 1.53 bits per heavy atom. The zero-order valence-electron chi connectivity index (χ0n) is 11.9. The van der Waals surface area contributed by atoms with Crippen LogP contribution in [0.2, 0.25) is 0 Å². The minimum atomic E-state index is 0.0419. The van der Waals surface area contributed by atoms with Crippen LogP contribution in [0.1, 0.15) is 32.4 Å². The molecule has 1 aliphatic heterocycles. The van der Waals surface area contributed by atoms with E-state index in [0.717, 1.165) is 31.0 Å². The van der Waals surface area contributed by atoms with Gasteiger partial charge in [0.15, 0.2) is 0 Å². The van der Waals surface area contributed by atoms with Gasteiger partial charge in [0.2, 0.25) is 11.9 Å². The smallest absolute Gasteiger partial charge is 0.225 e. The monoisotopic (exact) mass is 262 g/mol. The first kappa shape index (κ1) is 13.8. The largest absolute Gasteiger partial charge is 0.354 e. The maximum absolute atomic E-state index is 12.1. The van der Waals surface area contributed by atoms with E-state index < -0.39 is 0 Å². The third-order valence-electron chi connectivity index (χ3n) is 3.29. The second kappa shape index (κ2) is 5.99. The molecule has 2 rings (SSSR count). The molecule has 5 nitrogen and oxygen atoms in total. The maximum Gasteiger partial charge on any atom is 0.225 e. The lowest BCUT2D eigenvalue weighted by atomic mass is 9.97. The number of hydrogen-bond donors (Lipinski definition) is 1. The van der Waals surface area contributed by atoms with Crippen molar-refractivity contribution in [2.75, 3.05) is 18.0 Å². The molecule has 1 aliphatic rings. The molecule has 1 amide bonds. The van der Waals surface area contributed by atoms with Crippen LogP contribution in [-0.4, -0.2) is 35.0 Å². The summed E-state index contributed by atoms with van der Waals surface area (Å²) in [6.45, 7) is 7.57. The summed E-state index contributed by atoms with van der Waals surface area (Å²) in [6.07, 6.45) is 3.73. The lowest BCUT2D eigenvalue weighted by Gasteiger charge is -2.32. The van der Waals surface area contributed by atoms with Crippen molar-refractivity contribution in [1.82, 2.24) is 15.3 Å². The summed E-state index contributed by atoms with van der Waals surface area (Å²) >= 11 is 0. The Bertz CT molecular complexity index is 447. The number of carbonyl (C=O) groups excluding carboxylic acids is 1. The lowest BCUT2D eigenvalue weighted by Crippen LogP contribution is -2.45. The van der Waals surface area contributed by atoms with Gasteiger partial charge < -0.3 is 10.2 Å². The third kappa shape index (κ3) is 3.66. The van der Waals surface area contributed by atoms with E-state index in [0.29, 0.717) is 6.54 Å². The van der Waals surface area contributed by atoms with Crippen molar-refractivity contribution in [3.63, 3.8) is 0 Å². The Labute approximate surface area is 114 Å². The number of hydrogen-bond acceptors (Lipinski definition) is 4. The lowest BCUT2D eigenvalue weighted by molar-refractivity contribution is -0.125. The fourth-order valence-corrected chi connectivity index (χ4v) is 2.36. The van der Waals surface area contributed by atoms with E-state index in [1.165, 1.54) is 0 Å². The molecule has 0 spiro atoms. The summed E-state index contributed by atoms with van der Waals surface area (Å²) in [5, 5.41) is 2.99. The molecule has 1 aromatic heterocycles. The van der Waals surface area contributed by atoms with Crippen LogP contribution in [0.4, 0.5) is 5.95 Å². The highest BCUT2D eigenvalue weighted by molar-refractivity contribution is 5.79. The first-order valence-electron chi connectivity index (χ1n) is 6.91. The highest BCUT2D eigenvalue weighted by Gasteiger charge is 2.27. The predicted molar refractivity (Wildman–Crippen MR) is 75.0 cm³/mol. The molecule has 0 unspecified atom stereocenters. The van der Waals surface area contributed by atoms with Crippen LogP contribution >= 0.6 is 0 Å². The van der Waals surface area contributed by atoms with Gasteiger partial charge in [-0.05, 0) is 39.7 Å². The van der Waals surface area contributed by atoms with Gasteiger partial charge in [-0.3, -0.25) is 4.79 Å². The number of piperidine rings is 1. The molecule has 104 valence electrons. The number of aryl methyl sites for hydroxylation is 1. The van der Waals surface area contributed by atoms with Crippen LogP contribution in [-0.2, 0) is 4.79 Å². The summed E-state index contributed by atoms with van der Waals surface area (Å²) in [6, 6.07) is 2.08. The maximum atomic E-state index is 12.1. The first-order valence-corrected chi connectivity index (χ1v) is 6.91. The van der Waals surface area contributed by atoms with E-state index in [2.05, 4.69) is 20.2 Å². The van der Waals surface area contributed by atoms with Crippen molar-refractivity contribution in [2.24, 2.45) is 5.92 Å².